The van der Waals surface area contributed by atoms with Gasteiger partial charge in [0.1, 0.15) is 24.1 Å². The lowest BCUT2D eigenvalue weighted by atomic mass is 9.69. The van der Waals surface area contributed by atoms with Gasteiger partial charge in [0.05, 0.1) is 0 Å². The van der Waals surface area contributed by atoms with Crippen molar-refractivity contribution in [2.45, 2.75) is 82.3 Å². The van der Waals surface area contributed by atoms with E-state index in [0.29, 0.717) is 24.9 Å². The largest absolute Gasteiger partial charge is 0.489 e. The van der Waals surface area contributed by atoms with E-state index in [0.717, 1.165) is 88.2 Å². The van der Waals surface area contributed by atoms with Gasteiger partial charge in [-0.1, -0.05) is 104 Å². The van der Waals surface area contributed by atoms with Crippen molar-refractivity contribution in [3.63, 3.8) is 0 Å². The second-order valence-electron chi connectivity index (χ2n) is 19.5. The second kappa shape index (κ2) is 20.8. The van der Waals surface area contributed by atoms with Gasteiger partial charge in [-0.05, 0) is 126 Å². The molecule has 3 amide bonds. The summed E-state index contributed by atoms with van der Waals surface area (Å²) >= 11 is 0. The van der Waals surface area contributed by atoms with Gasteiger partial charge < -0.3 is 15.0 Å². The normalized spacial score (nSPS) is 23.7. The number of nitrogens with one attached hydrogen (secondary N) is 2. The third-order valence-electron chi connectivity index (χ3n) is 15.3. The Morgan fingerprint density at radius 2 is 1.46 bits per heavy atom. The van der Waals surface area contributed by atoms with Crippen molar-refractivity contribution in [3.05, 3.63) is 167 Å². The van der Waals surface area contributed by atoms with Crippen LogP contribution in [0.4, 0.5) is 5.69 Å². The number of aromatic nitrogens is 1. The van der Waals surface area contributed by atoms with Crippen molar-refractivity contribution in [1.82, 2.24) is 25.4 Å². The number of carbonyl (C=O) groups is 3. The Labute approximate surface area is 395 Å². The van der Waals surface area contributed by atoms with Gasteiger partial charge in [-0.2, -0.15) is 0 Å². The van der Waals surface area contributed by atoms with Crippen LogP contribution in [0.3, 0.4) is 0 Å². The molecule has 5 atom stereocenters. The molecule has 4 aromatic carbocycles. The highest BCUT2D eigenvalue weighted by Crippen LogP contribution is 2.47. The molecule has 5 aliphatic rings. The van der Waals surface area contributed by atoms with Crippen molar-refractivity contribution in [3.8, 4) is 5.75 Å². The van der Waals surface area contributed by atoms with Gasteiger partial charge in [-0.25, -0.2) is 0 Å². The predicted octanol–water partition coefficient (Wildman–Crippen LogP) is 8.78. The number of piperidine rings is 1. The Morgan fingerprint density at radius 3 is 2.16 bits per heavy atom. The van der Waals surface area contributed by atoms with Crippen LogP contribution >= 0.6 is 0 Å². The molecule has 5 aromatic rings. The Morgan fingerprint density at radius 1 is 0.716 bits per heavy atom. The van der Waals surface area contributed by atoms with Crippen LogP contribution in [0.2, 0.25) is 0 Å². The number of benzene rings is 4. The predicted molar refractivity (Wildman–Crippen MR) is 264 cm³/mol. The van der Waals surface area contributed by atoms with Gasteiger partial charge in [0, 0.05) is 76.6 Å². The van der Waals surface area contributed by atoms with Crippen LogP contribution in [0.15, 0.2) is 128 Å². The standard InChI is InChI=1S/C57H64N6O4/c64-54-26-25-53(57(66)60-54)59-56(65)52-24-18-45(36-58-52)41-27-29-61(30-28-41)37-46-13-7-8-14-47(46)38-62-31-33-63(34-32-62)48-19-15-43(16-20-48)55-50(42-11-5-2-6-12-42)22-17-44-35-49(21-23-51(44)55)67-39-40-9-3-1-4-10-40/h1-6,9-12,15-16,18-21,23-24,27,35-36,46-47,50,53,55H,7-8,13-14,17,22,25-26,28-34,37-39H2,(H,59,65)(H,60,64,66)/t46-,47-,50+,53?,55-/m0/s1. The van der Waals surface area contributed by atoms with Crippen LogP contribution in [0.5, 0.6) is 5.75 Å². The van der Waals surface area contributed by atoms with Gasteiger partial charge in [-0.15, -0.1) is 0 Å². The number of hydrogen-bond donors (Lipinski definition) is 2. The first kappa shape index (κ1) is 44.7. The summed E-state index contributed by atoms with van der Waals surface area (Å²) in [5, 5.41) is 5.00. The van der Waals surface area contributed by atoms with Gasteiger partial charge >= 0.3 is 0 Å². The third kappa shape index (κ3) is 10.7. The van der Waals surface area contributed by atoms with E-state index in [4.69, 9.17) is 4.74 Å². The quantitative estimate of drug-likeness (QED) is 0.113. The number of pyridine rings is 1. The number of aryl methyl sites for hydroxylation is 1. The number of piperazine rings is 1. The average Bonchev–Trinajstić information content (AvgIpc) is 3.38. The number of imide groups is 1. The maximum Gasteiger partial charge on any atom is 0.270 e. The summed E-state index contributed by atoms with van der Waals surface area (Å²) in [6, 6.07) is 40.9. The number of ether oxygens (including phenoxy) is 1. The van der Waals surface area contributed by atoms with Gasteiger partial charge in [-0.3, -0.25) is 34.5 Å². The summed E-state index contributed by atoms with van der Waals surface area (Å²) in [4.78, 5) is 48.8. The molecule has 346 valence electrons. The highest BCUT2D eigenvalue weighted by atomic mass is 16.5. The molecule has 2 aliphatic carbocycles. The van der Waals surface area contributed by atoms with E-state index in [9.17, 15) is 14.4 Å². The molecule has 4 heterocycles. The Hall–Kier alpha value is -6.10. The molecule has 0 bridgehead atoms. The minimum absolute atomic E-state index is 0.216. The van der Waals surface area contributed by atoms with E-state index in [2.05, 4.69) is 133 Å². The van der Waals surface area contributed by atoms with Crippen LogP contribution in [-0.2, 0) is 22.6 Å². The first-order valence-electron chi connectivity index (χ1n) is 24.8. The van der Waals surface area contributed by atoms with E-state index >= 15 is 0 Å². The summed E-state index contributed by atoms with van der Waals surface area (Å²) in [7, 11) is 0. The van der Waals surface area contributed by atoms with E-state index in [1.54, 1.807) is 12.3 Å². The van der Waals surface area contributed by atoms with Crippen molar-refractivity contribution in [2.75, 3.05) is 57.3 Å². The number of anilines is 1. The minimum atomic E-state index is -0.717. The number of carbonyl (C=O) groups excluding carboxylic acids is 3. The zero-order valence-corrected chi connectivity index (χ0v) is 38.7. The van der Waals surface area contributed by atoms with Crippen LogP contribution < -0.4 is 20.3 Å². The highest BCUT2D eigenvalue weighted by molar-refractivity contribution is 6.03. The lowest BCUT2D eigenvalue weighted by molar-refractivity contribution is -0.134. The van der Waals surface area contributed by atoms with Crippen LogP contribution in [0, 0.1) is 11.8 Å². The van der Waals surface area contributed by atoms with E-state index in [1.165, 1.54) is 71.3 Å². The second-order valence-corrected chi connectivity index (χ2v) is 19.5. The van der Waals surface area contributed by atoms with Crippen LogP contribution in [0.1, 0.15) is 107 Å². The van der Waals surface area contributed by atoms with Gasteiger partial charge in [0.25, 0.3) is 5.91 Å². The van der Waals surface area contributed by atoms with E-state index < -0.39 is 17.9 Å². The molecule has 10 nitrogen and oxygen atoms in total. The molecule has 1 unspecified atom stereocenters. The zero-order valence-electron chi connectivity index (χ0n) is 38.7. The average molecular weight is 897 g/mol. The highest BCUT2D eigenvalue weighted by Gasteiger charge is 2.34. The number of rotatable bonds is 13. The van der Waals surface area contributed by atoms with Gasteiger partial charge in [0.15, 0.2) is 0 Å². The molecule has 2 saturated heterocycles. The Kier molecular flexibility index (Phi) is 13.9. The number of fused-ring (bicyclic) bond motifs is 1. The third-order valence-corrected chi connectivity index (χ3v) is 15.3. The molecule has 0 spiro atoms. The maximum absolute atomic E-state index is 12.8. The van der Waals surface area contributed by atoms with Crippen molar-refractivity contribution < 1.29 is 19.1 Å². The number of nitrogens with zero attached hydrogens (tertiary/aromatic N) is 4. The molecule has 1 aromatic heterocycles. The van der Waals surface area contributed by atoms with Crippen molar-refractivity contribution >= 4 is 29.0 Å². The molecule has 67 heavy (non-hydrogen) atoms. The molecular formula is C57H64N6O4. The lowest BCUT2D eigenvalue weighted by Crippen LogP contribution is -2.52. The smallest absolute Gasteiger partial charge is 0.270 e. The van der Waals surface area contributed by atoms with Crippen LogP contribution in [0.25, 0.3) is 5.57 Å². The van der Waals surface area contributed by atoms with Gasteiger partial charge in [0.2, 0.25) is 11.8 Å². The summed E-state index contributed by atoms with van der Waals surface area (Å²) in [6.07, 6.45) is 13.0. The minimum Gasteiger partial charge on any atom is -0.489 e. The maximum atomic E-state index is 12.8. The first-order valence-corrected chi connectivity index (χ1v) is 24.8. The molecule has 10 rings (SSSR count). The molecular weight excluding hydrogens is 833 g/mol. The number of hydrogen-bond acceptors (Lipinski definition) is 8. The Balaban J connectivity index is 0.721. The summed E-state index contributed by atoms with van der Waals surface area (Å²) in [5.41, 5.74) is 10.7. The fourth-order valence-electron chi connectivity index (χ4n) is 11.5. The fraction of sp³-hybridized carbons (Fsp3) is 0.404. The summed E-state index contributed by atoms with van der Waals surface area (Å²) < 4.78 is 6.29. The molecule has 0 radical (unpaired) electrons. The van der Waals surface area contributed by atoms with Crippen molar-refractivity contribution in [2.24, 2.45) is 11.8 Å². The number of amides is 3. The van der Waals surface area contributed by atoms with Crippen LogP contribution in [-0.4, -0.2) is 90.9 Å². The topological polar surface area (TPSA) is 107 Å². The monoisotopic (exact) mass is 896 g/mol. The molecule has 1 saturated carbocycles. The lowest BCUT2D eigenvalue weighted by Gasteiger charge is -2.42. The van der Waals surface area contributed by atoms with E-state index in [-0.39, 0.29) is 18.0 Å². The van der Waals surface area contributed by atoms with E-state index in [1.807, 2.05) is 12.1 Å². The zero-order chi connectivity index (χ0) is 45.5. The summed E-state index contributed by atoms with van der Waals surface area (Å²) in [5.74, 6) is 1.94. The molecule has 3 aliphatic heterocycles. The molecule has 10 heteroatoms. The molecule has 3 fully saturated rings. The SMILES string of the molecule is O=C1CCC(NC(=O)c2ccc(C3=CCN(C[C@@H]4CCCC[C@H]4CN4CCN(c5ccc([C@@H]6c7ccc(OCc8ccccc8)cc7CC[C@@H]6c6ccccc6)cc5)CC4)CC3)cn2)C(=O)N1. The summed E-state index contributed by atoms with van der Waals surface area (Å²) in [6.45, 7) is 9.20. The molecule has 2 N–H and O–H groups in total. The van der Waals surface area contributed by atoms with Crippen molar-refractivity contribution in [1.29, 1.82) is 0 Å². The fourth-order valence-corrected chi connectivity index (χ4v) is 11.5. The first-order chi connectivity index (χ1) is 32.9. The Bertz CT molecular complexity index is 2520.